The van der Waals surface area contributed by atoms with Gasteiger partial charge in [0.05, 0.1) is 30.6 Å². The van der Waals surface area contributed by atoms with E-state index in [0.29, 0.717) is 39.4 Å². The quantitative estimate of drug-likeness (QED) is 0.701. The maximum Gasteiger partial charge on any atom is 0.410 e. The molecular weight excluding hydrogens is 398 g/mol. The van der Waals surface area contributed by atoms with Crippen molar-refractivity contribution in [3.8, 4) is 5.75 Å². The first-order chi connectivity index (χ1) is 15.1. The predicted molar refractivity (Wildman–Crippen MR) is 114 cm³/mol. The molecule has 0 bridgehead atoms. The number of benzene rings is 1. The number of fused-ring (bicyclic) bond motifs is 2. The van der Waals surface area contributed by atoms with E-state index < -0.39 is 0 Å². The Balaban J connectivity index is 1.36. The highest BCUT2D eigenvalue weighted by molar-refractivity contribution is 6.14. The van der Waals surface area contributed by atoms with Crippen molar-refractivity contribution in [2.24, 2.45) is 4.99 Å². The number of nitrogens with zero attached hydrogens (tertiary/aromatic N) is 5. The monoisotopic (exact) mass is 423 g/mol. The smallest absolute Gasteiger partial charge is 0.410 e. The van der Waals surface area contributed by atoms with Crippen LogP contribution in [-0.2, 0) is 16.0 Å². The molecule has 1 amide bonds. The van der Waals surface area contributed by atoms with Gasteiger partial charge in [0.25, 0.3) is 0 Å². The largest absolute Gasteiger partial charge is 0.488 e. The zero-order chi connectivity index (χ0) is 21.4. The minimum atomic E-state index is -0.220. The second-order valence-corrected chi connectivity index (χ2v) is 8.00. The summed E-state index contributed by atoms with van der Waals surface area (Å²) >= 11 is 0. The molecule has 3 aliphatic heterocycles. The average molecular weight is 423 g/mol. The molecule has 4 heterocycles. The molecule has 9 nitrogen and oxygen atoms in total. The van der Waals surface area contributed by atoms with E-state index in [0.717, 1.165) is 34.1 Å². The van der Waals surface area contributed by atoms with Crippen LogP contribution in [0.1, 0.15) is 23.7 Å². The fraction of sp³-hybridized carbons (Fsp3) is 0.455. The van der Waals surface area contributed by atoms with Crippen molar-refractivity contribution < 1.29 is 19.0 Å². The normalized spacial score (nSPS) is 20.8. The van der Waals surface area contributed by atoms with Gasteiger partial charge in [0.2, 0.25) is 0 Å². The SMILES string of the molecule is COC[C@H](C)Oc1ccc2c(c1)C(c1cc(N3CCN4C(=O)OCC4C3)ncn1)=NC2. The Kier molecular flexibility index (Phi) is 5.19. The van der Waals surface area contributed by atoms with Gasteiger partial charge in [-0.25, -0.2) is 14.8 Å². The van der Waals surface area contributed by atoms with Gasteiger partial charge >= 0.3 is 6.09 Å². The third-order valence-electron chi connectivity index (χ3n) is 5.82. The van der Waals surface area contributed by atoms with E-state index in [4.69, 9.17) is 19.2 Å². The van der Waals surface area contributed by atoms with Crippen molar-refractivity contribution in [1.82, 2.24) is 14.9 Å². The van der Waals surface area contributed by atoms with E-state index >= 15 is 0 Å². The zero-order valence-electron chi connectivity index (χ0n) is 17.7. The van der Waals surface area contributed by atoms with Crippen molar-refractivity contribution in [2.75, 3.05) is 44.9 Å². The molecule has 0 saturated carbocycles. The Hall–Kier alpha value is -3.20. The zero-order valence-corrected chi connectivity index (χ0v) is 17.7. The summed E-state index contributed by atoms with van der Waals surface area (Å²) in [7, 11) is 1.66. The minimum absolute atomic E-state index is 0.0411. The summed E-state index contributed by atoms with van der Waals surface area (Å²) in [6, 6.07) is 8.09. The fourth-order valence-corrected chi connectivity index (χ4v) is 4.30. The second-order valence-electron chi connectivity index (χ2n) is 8.00. The summed E-state index contributed by atoms with van der Waals surface area (Å²) in [6.07, 6.45) is 1.32. The Labute approximate surface area is 180 Å². The van der Waals surface area contributed by atoms with Gasteiger partial charge in [0.15, 0.2) is 0 Å². The second kappa shape index (κ2) is 8.14. The molecule has 162 valence electrons. The summed E-state index contributed by atoms with van der Waals surface area (Å²) in [5.41, 5.74) is 3.82. The number of ether oxygens (including phenoxy) is 3. The number of carbonyl (C=O) groups is 1. The standard InChI is InChI=1S/C22H25N5O4/c1-14(11-29-2)31-17-4-3-15-9-23-21(18(15)7-17)19-8-20(25-13-24-19)26-5-6-27-16(10-26)12-30-22(27)28/h3-4,7-8,13-14,16H,5-6,9-12H2,1-2H3/t14-,16?/m0/s1. The molecule has 3 aliphatic rings. The lowest BCUT2D eigenvalue weighted by molar-refractivity contribution is 0.0921. The van der Waals surface area contributed by atoms with Crippen molar-refractivity contribution in [2.45, 2.75) is 25.6 Å². The lowest BCUT2D eigenvalue weighted by Crippen LogP contribution is -2.52. The number of aliphatic imine (C=N–C) groups is 1. The molecule has 0 spiro atoms. The highest BCUT2D eigenvalue weighted by Gasteiger charge is 2.37. The van der Waals surface area contributed by atoms with Gasteiger partial charge in [0.1, 0.15) is 30.6 Å². The average Bonchev–Trinajstić information content (AvgIpc) is 3.37. The van der Waals surface area contributed by atoms with Crippen LogP contribution in [0.15, 0.2) is 35.6 Å². The first-order valence-corrected chi connectivity index (χ1v) is 10.5. The predicted octanol–water partition coefficient (Wildman–Crippen LogP) is 1.88. The van der Waals surface area contributed by atoms with Crippen molar-refractivity contribution in [3.05, 3.63) is 47.4 Å². The van der Waals surface area contributed by atoms with Crippen LogP contribution in [0.4, 0.5) is 10.6 Å². The van der Waals surface area contributed by atoms with Crippen molar-refractivity contribution in [3.63, 3.8) is 0 Å². The van der Waals surface area contributed by atoms with Crippen LogP contribution in [0.2, 0.25) is 0 Å². The first-order valence-electron chi connectivity index (χ1n) is 10.5. The minimum Gasteiger partial charge on any atom is -0.488 e. The topological polar surface area (TPSA) is 89.4 Å². The molecule has 1 unspecified atom stereocenters. The van der Waals surface area contributed by atoms with Crippen molar-refractivity contribution >= 4 is 17.6 Å². The molecular formula is C22H25N5O4. The molecule has 2 fully saturated rings. The number of amides is 1. The summed E-state index contributed by atoms with van der Waals surface area (Å²) in [6.45, 7) is 5.59. The van der Waals surface area contributed by atoms with E-state index in [1.165, 1.54) is 0 Å². The number of hydrogen-bond donors (Lipinski definition) is 0. The summed E-state index contributed by atoms with van der Waals surface area (Å²) in [5.74, 6) is 1.62. The van der Waals surface area contributed by atoms with Gasteiger partial charge < -0.3 is 19.1 Å². The number of methoxy groups -OCH3 is 1. The van der Waals surface area contributed by atoms with Gasteiger partial charge in [-0.1, -0.05) is 6.07 Å². The number of hydrogen-bond acceptors (Lipinski definition) is 8. The van der Waals surface area contributed by atoms with Gasteiger partial charge in [-0.15, -0.1) is 0 Å². The molecule has 0 aliphatic carbocycles. The lowest BCUT2D eigenvalue weighted by Gasteiger charge is -2.36. The summed E-state index contributed by atoms with van der Waals surface area (Å²) < 4.78 is 16.3. The molecule has 2 aromatic rings. The van der Waals surface area contributed by atoms with Crippen molar-refractivity contribution in [1.29, 1.82) is 0 Å². The molecule has 0 radical (unpaired) electrons. The molecule has 9 heteroatoms. The number of anilines is 1. The van der Waals surface area contributed by atoms with Crippen LogP contribution >= 0.6 is 0 Å². The maximum absolute atomic E-state index is 11.8. The summed E-state index contributed by atoms with van der Waals surface area (Å²) in [4.78, 5) is 29.4. The Bertz CT molecular complexity index is 1030. The number of cyclic esters (lactones) is 1. The van der Waals surface area contributed by atoms with E-state index in [1.807, 2.05) is 25.1 Å². The number of aromatic nitrogens is 2. The van der Waals surface area contributed by atoms with Crippen LogP contribution < -0.4 is 9.64 Å². The van der Waals surface area contributed by atoms with Gasteiger partial charge in [-0.05, 0) is 24.6 Å². The van der Waals surface area contributed by atoms with Crippen LogP contribution in [0.5, 0.6) is 5.75 Å². The van der Waals surface area contributed by atoms with Crippen LogP contribution in [0.25, 0.3) is 0 Å². The van der Waals surface area contributed by atoms with Crippen LogP contribution in [0, 0.1) is 0 Å². The molecule has 5 rings (SSSR count). The molecule has 1 aromatic heterocycles. The summed E-state index contributed by atoms with van der Waals surface area (Å²) in [5, 5.41) is 0. The molecule has 2 saturated heterocycles. The lowest BCUT2D eigenvalue weighted by atomic mass is 10.0. The molecule has 1 aromatic carbocycles. The number of piperazine rings is 1. The van der Waals surface area contributed by atoms with E-state index in [2.05, 4.69) is 20.9 Å². The first kappa shape index (κ1) is 19.7. The third kappa shape index (κ3) is 3.81. The Morgan fingerprint density at radius 1 is 1.26 bits per heavy atom. The Morgan fingerprint density at radius 3 is 3.03 bits per heavy atom. The van der Waals surface area contributed by atoms with Gasteiger partial charge in [-0.3, -0.25) is 9.89 Å². The van der Waals surface area contributed by atoms with E-state index in [9.17, 15) is 4.79 Å². The van der Waals surface area contributed by atoms with Gasteiger partial charge in [0, 0.05) is 38.4 Å². The highest BCUT2D eigenvalue weighted by atomic mass is 16.6. The number of carbonyl (C=O) groups excluding carboxylic acids is 1. The third-order valence-corrected chi connectivity index (χ3v) is 5.82. The highest BCUT2D eigenvalue weighted by Crippen LogP contribution is 2.28. The maximum atomic E-state index is 11.8. The van der Waals surface area contributed by atoms with Crippen LogP contribution in [0.3, 0.4) is 0 Å². The molecule has 2 atom stereocenters. The molecule has 31 heavy (non-hydrogen) atoms. The molecule has 0 N–H and O–H groups in total. The van der Waals surface area contributed by atoms with Crippen LogP contribution in [-0.4, -0.2) is 78.8 Å². The van der Waals surface area contributed by atoms with Gasteiger partial charge in [-0.2, -0.15) is 0 Å². The number of rotatable bonds is 6. The van der Waals surface area contributed by atoms with E-state index in [-0.39, 0.29) is 18.2 Å². The Morgan fingerprint density at radius 2 is 2.16 bits per heavy atom. The fourth-order valence-electron chi connectivity index (χ4n) is 4.30. The van der Waals surface area contributed by atoms with E-state index in [1.54, 1.807) is 18.3 Å².